The van der Waals surface area contributed by atoms with Crippen LogP contribution < -0.4 is 5.32 Å². The second kappa shape index (κ2) is 6.95. The molecular weight excluding hydrogens is 198 g/mol. The lowest BCUT2D eigenvalue weighted by molar-refractivity contribution is 0.00694. The number of ether oxygens (including phenoxy) is 1. The van der Waals surface area contributed by atoms with E-state index in [0.717, 1.165) is 11.8 Å². The number of hydrogen-bond donors (Lipinski definition) is 1. The van der Waals surface area contributed by atoms with Crippen molar-refractivity contribution in [3.05, 3.63) is 11.8 Å². The third-order valence-corrected chi connectivity index (χ3v) is 3.76. The molecule has 1 saturated carbocycles. The fourth-order valence-electron chi connectivity index (χ4n) is 2.30. The first kappa shape index (κ1) is 13.6. The quantitative estimate of drug-likeness (QED) is 0.721. The van der Waals surface area contributed by atoms with Crippen molar-refractivity contribution in [2.75, 3.05) is 6.73 Å². The van der Waals surface area contributed by atoms with Gasteiger partial charge in [-0.15, -0.1) is 0 Å². The second-order valence-corrected chi connectivity index (χ2v) is 5.24. The van der Waals surface area contributed by atoms with Gasteiger partial charge < -0.3 is 10.1 Å². The molecule has 0 amide bonds. The number of hydrogen-bond acceptors (Lipinski definition) is 2. The molecule has 2 heteroatoms. The van der Waals surface area contributed by atoms with Crippen LogP contribution in [-0.4, -0.2) is 12.8 Å². The number of nitrogens with one attached hydrogen (secondary N) is 1. The van der Waals surface area contributed by atoms with Crippen LogP contribution in [0, 0.1) is 11.8 Å². The topological polar surface area (TPSA) is 21.3 Å². The Morgan fingerprint density at radius 2 is 1.94 bits per heavy atom. The maximum Gasteiger partial charge on any atom is 0.116 e. The van der Waals surface area contributed by atoms with Gasteiger partial charge in [-0.25, -0.2) is 0 Å². The van der Waals surface area contributed by atoms with Crippen LogP contribution in [0.2, 0.25) is 0 Å². The third-order valence-electron chi connectivity index (χ3n) is 3.76. The van der Waals surface area contributed by atoms with Crippen molar-refractivity contribution < 1.29 is 4.74 Å². The largest absolute Gasteiger partial charge is 0.367 e. The summed E-state index contributed by atoms with van der Waals surface area (Å²) in [6.07, 6.45) is 7.69. The van der Waals surface area contributed by atoms with E-state index in [1.807, 2.05) is 6.92 Å². The minimum atomic E-state index is 0.479. The Bertz CT molecular complexity index is 215. The SMILES string of the molecule is C/C=C(\C)NCOC1CCC(C(C)C)CC1. The highest BCUT2D eigenvalue weighted by molar-refractivity contribution is 4.91. The third kappa shape index (κ3) is 4.56. The Labute approximate surface area is 100 Å². The molecule has 1 N–H and O–H groups in total. The zero-order valence-corrected chi connectivity index (χ0v) is 11.3. The zero-order chi connectivity index (χ0) is 12.0. The van der Waals surface area contributed by atoms with Gasteiger partial charge in [0.15, 0.2) is 0 Å². The Morgan fingerprint density at radius 3 is 2.44 bits per heavy atom. The van der Waals surface area contributed by atoms with Gasteiger partial charge in [0.1, 0.15) is 6.73 Å². The Morgan fingerprint density at radius 1 is 1.31 bits per heavy atom. The monoisotopic (exact) mass is 225 g/mol. The molecule has 0 saturated heterocycles. The fourth-order valence-corrected chi connectivity index (χ4v) is 2.30. The molecule has 0 aromatic heterocycles. The van der Waals surface area contributed by atoms with E-state index < -0.39 is 0 Å². The molecule has 2 nitrogen and oxygen atoms in total. The molecule has 1 rings (SSSR count). The minimum absolute atomic E-state index is 0.479. The Hall–Kier alpha value is -0.500. The van der Waals surface area contributed by atoms with E-state index >= 15 is 0 Å². The molecule has 0 atom stereocenters. The summed E-state index contributed by atoms with van der Waals surface area (Å²) in [5, 5.41) is 3.25. The van der Waals surface area contributed by atoms with Crippen molar-refractivity contribution in [2.45, 2.75) is 59.5 Å². The molecule has 0 aliphatic heterocycles. The maximum atomic E-state index is 5.83. The van der Waals surface area contributed by atoms with E-state index in [9.17, 15) is 0 Å². The smallest absolute Gasteiger partial charge is 0.116 e. The average Bonchev–Trinajstić information content (AvgIpc) is 2.29. The fraction of sp³-hybridized carbons (Fsp3) is 0.857. The van der Waals surface area contributed by atoms with Crippen LogP contribution in [0.3, 0.4) is 0 Å². The van der Waals surface area contributed by atoms with Crippen LogP contribution in [0.1, 0.15) is 53.4 Å². The molecular formula is C14H27NO. The molecule has 1 fully saturated rings. The van der Waals surface area contributed by atoms with Gasteiger partial charge in [0, 0.05) is 5.70 Å². The Kier molecular flexibility index (Phi) is 5.89. The molecule has 0 aromatic rings. The minimum Gasteiger partial charge on any atom is -0.367 e. The van der Waals surface area contributed by atoms with Gasteiger partial charge in [-0.3, -0.25) is 0 Å². The summed E-state index contributed by atoms with van der Waals surface area (Å²) in [5.74, 6) is 1.76. The molecule has 0 bridgehead atoms. The summed E-state index contributed by atoms with van der Waals surface area (Å²) in [4.78, 5) is 0. The highest BCUT2D eigenvalue weighted by Gasteiger charge is 2.23. The van der Waals surface area contributed by atoms with E-state index in [-0.39, 0.29) is 0 Å². The van der Waals surface area contributed by atoms with Crippen molar-refractivity contribution in [1.29, 1.82) is 0 Å². The van der Waals surface area contributed by atoms with Gasteiger partial charge in [-0.05, 0) is 51.4 Å². The van der Waals surface area contributed by atoms with Gasteiger partial charge in [-0.2, -0.15) is 0 Å². The van der Waals surface area contributed by atoms with Gasteiger partial charge in [0.05, 0.1) is 6.10 Å². The predicted octanol–water partition coefficient (Wildman–Crippen LogP) is 3.69. The van der Waals surface area contributed by atoms with Crippen LogP contribution >= 0.6 is 0 Å². The standard InChI is InChI=1S/C14H27NO/c1-5-12(4)15-10-16-14-8-6-13(7-9-14)11(2)3/h5,11,13-15H,6-10H2,1-4H3/b12-5+. The van der Waals surface area contributed by atoms with Gasteiger partial charge in [0.25, 0.3) is 0 Å². The summed E-state index contributed by atoms with van der Waals surface area (Å²) in [7, 11) is 0. The first-order valence-corrected chi connectivity index (χ1v) is 6.61. The second-order valence-electron chi connectivity index (χ2n) is 5.24. The van der Waals surface area contributed by atoms with E-state index in [0.29, 0.717) is 12.8 Å². The molecule has 0 heterocycles. The molecule has 0 aromatic carbocycles. The number of rotatable bonds is 5. The van der Waals surface area contributed by atoms with Gasteiger partial charge >= 0.3 is 0 Å². The van der Waals surface area contributed by atoms with Crippen LogP contribution in [0.25, 0.3) is 0 Å². The average molecular weight is 225 g/mol. The Balaban J connectivity index is 2.13. The van der Waals surface area contributed by atoms with Crippen LogP contribution in [0.15, 0.2) is 11.8 Å². The molecule has 0 unspecified atom stereocenters. The molecule has 0 radical (unpaired) electrons. The summed E-state index contributed by atoms with van der Waals surface area (Å²) < 4.78 is 5.83. The van der Waals surface area contributed by atoms with Crippen molar-refractivity contribution in [2.24, 2.45) is 11.8 Å². The van der Waals surface area contributed by atoms with Crippen LogP contribution in [0.5, 0.6) is 0 Å². The van der Waals surface area contributed by atoms with Gasteiger partial charge in [0.2, 0.25) is 0 Å². The van der Waals surface area contributed by atoms with E-state index in [1.165, 1.54) is 31.4 Å². The van der Waals surface area contributed by atoms with E-state index in [2.05, 4.69) is 32.2 Å². The van der Waals surface area contributed by atoms with E-state index in [1.54, 1.807) is 0 Å². The van der Waals surface area contributed by atoms with Crippen molar-refractivity contribution in [1.82, 2.24) is 5.32 Å². The summed E-state index contributed by atoms with van der Waals surface area (Å²) >= 11 is 0. The first-order valence-electron chi connectivity index (χ1n) is 6.61. The van der Waals surface area contributed by atoms with Crippen LogP contribution in [-0.2, 0) is 4.74 Å². The van der Waals surface area contributed by atoms with Crippen LogP contribution in [0.4, 0.5) is 0 Å². The lowest BCUT2D eigenvalue weighted by Gasteiger charge is -2.30. The molecule has 1 aliphatic rings. The van der Waals surface area contributed by atoms with Crippen molar-refractivity contribution >= 4 is 0 Å². The molecule has 0 spiro atoms. The van der Waals surface area contributed by atoms with Gasteiger partial charge in [-0.1, -0.05) is 19.9 Å². The molecule has 1 aliphatic carbocycles. The summed E-state index contributed by atoms with van der Waals surface area (Å²) in [6.45, 7) is 9.44. The maximum absolute atomic E-state index is 5.83. The zero-order valence-electron chi connectivity index (χ0n) is 11.3. The number of allylic oxidation sites excluding steroid dienone is 2. The summed E-state index contributed by atoms with van der Waals surface area (Å²) in [5.41, 5.74) is 1.19. The highest BCUT2D eigenvalue weighted by Crippen LogP contribution is 2.30. The van der Waals surface area contributed by atoms with Crippen molar-refractivity contribution in [3.8, 4) is 0 Å². The lowest BCUT2D eigenvalue weighted by atomic mass is 9.80. The van der Waals surface area contributed by atoms with Crippen molar-refractivity contribution in [3.63, 3.8) is 0 Å². The first-order chi connectivity index (χ1) is 7.63. The van der Waals surface area contributed by atoms with E-state index in [4.69, 9.17) is 4.74 Å². The summed E-state index contributed by atoms with van der Waals surface area (Å²) in [6, 6.07) is 0. The normalized spacial score (nSPS) is 27.2. The highest BCUT2D eigenvalue weighted by atomic mass is 16.5. The lowest BCUT2D eigenvalue weighted by Crippen LogP contribution is -2.27. The molecule has 16 heavy (non-hydrogen) atoms. The molecule has 94 valence electrons. The predicted molar refractivity (Wildman–Crippen MR) is 69.1 cm³/mol.